The van der Waals surface area contributed by atoms with E-state index in [1.165, 1.54) is 0 Å². The second-order valence-electron chi connectivity index (χ2n) is 6.12. The van der Waals surface area contributed by atoms with E-state index in [0.29, 0.717) is 18.5 Å². The predicted octanol–water partition coefficient (Wildman–Crippen LogP) is 1.31. The number of nitrogens with zero attached hydrogens (tertiary/aromatic N) is 5. The van der Waals surface area contributed by atoms with Crippen LogP contribution in [0.3, 0.4) is 0 Å². The number of aromatic nitrogens is 3. The second kappa shape index (κ2) is 7.39. The van der Waals surface area contributed by atoms with Crippen molar-refractivity contribution in [1.82, 2.24) is 20.3 Å². The summed E-state index contributed by atoms with van der Waals surface area (Å²) in [6.45, 7) is 3.92. The Morgan fingerprint density at radius 1 is 1.54 bits per heavy atom. The van der Waals surface area contributed by atoms with Gasteiger partial charge in [0.1, 0.15) is 0 Å². The fourth-order valence-corrected chi connectivity index (χ4v) is 2.94. The molecule has 24 heavy (non-hydrogen) atoms. The van der Waals surface area contributed by atoms with E-state index < -0.39 is 0 Å². The van der Waals surface area contributed by atoms with E-state index in [0.717, 1.165) is 37.4 Å². The number of carbonyl (C=O) groups excluding carboxylic acids is 1. The summed E-state index contributed by atoms with van der Waals surface area (Å²) >= 11 is 0. The van der Waals surface area contributed by atoms with Gasteiger partial charge in [-0.05, 0) is 38.9 Å². The maximum Gasteiger partial charge on any atom is 0.240 e. The average molecular weight is 330 g/mol. The minimum absolute atomic E-state index is 0.106. The minimum Gasteiger partial charge on any atom is -0.354 e. The molecular weight excluding hydrogens is 308 g/mol. The summed E-state index contributed by atoms with van der Waals surface area (Å²) in [5.41, 5.74) is 0.741. The van der Waals surface area contributed by atoms with Crippen LogP contribution in [-0.4, -0.2) is 58.9 Å². The quantitative estimate of drug-likeness (QED) is 0.884. The van der Waals surface area contributed by atoms with Gasteiger partial charge in [-0.25, -0.2) is 0 Å². The number of carbonyl (C=O) groups is 1. The van der Waals surface area contributed by atoms with E-state index >= 15 is 0 Å². The Morgan fingerprint density at radius 3 is 3.12 bits per heavy atom. The Kier molecular flexibility index (Phi) is 5.05. The largest absolute Gasteiger partial charge is 0.354 e. The van der Waals surface area contributed by atoms with E-state index in [1.807, 2.05) is 26.1 Å². The molecule has 0 aliphatic carbocycles. The van der Waals surface area contributed by atoms with Gasteiger partial charge in [0.05, 0.1) is 12.2 Å². The SMILES string of the molecule is Cc1cc(NC(=O)CN(C)[C@@H]2CCCN(c3cccnn3)C2)on1. The molecule has 1 atom stereocenters. The molecule has 3 rings (SSSR count). The third-order valence-corrected chi connectivity index (χ3v) is 4.19. The number of piperidine rings is 1. The molecule has 128 valence electrons. The van der Waals surface area contributed by atoms with Crippen LogP contribution in [0.15, 0.2) is 28.9 Å². The summed E-state index contributed by atoms with van der Waals surface area (Å²) < 4.78 is 5.01. The van der Waals surface area contributed by atoms with Crippen LogP contribution in [0.25, 0.3) is 0 Å². The maximum absolute atomic E-state index is 12.1. The fraction of sp³-hybridized carbons (Fsp3) is 0.500. The van der Waals surface area contributed by atoms with Gasteiger partial charge in [0.2, 0.25) is 11.8 Å². The van der Waals surface area contributed by atoms with Crippen LogP contribution in [0, 0.1) is 6.92 Å². The van der Waals surface area contributed by atoms with E-state index in [-0.39, 0.29) is 5.91 Å². The summed E-state index contributed by atoms with van der Waals surface area (Å²) in [6, 6.07) is 5.86. The summed E-state index contributed by atoms with van der Waals surface area (Å²) in [6.07, 6.45) is 3.79. The Balaban J connectivity index is 1.54. The number of anilines is 2. The Morgan fingerprint density at radius 2 is 2.42 bits per heavy atom. The molecular formula is C16H22N6O2. The van der Waals surface area contributed by atoms with Gasteiger partial charge in [0.25, 0.3) is 0 Å². The highest BCUT2D eigenvalue weighted by Crippen LogP contribution is 2.19. The van der Waals surface area contributed by atoms with Gasteiger partial charge in [0, 0.05) is 31.4 Å². The smallest absolute Gasteiger partial charge is 0.240 e. The lowest BCUT2D eigenvalue weighted by molar-refractivity contribution is -0.117. The third kappa shape index (κ3) is 4.08. The molecule has 2 aromatic heterocycles. The van der Waals surface area contributed by atoms with Gasteiger partial charge in [-0.3, -0.25) is 15.0 Å². The summed E-state index contributed by atoms with van der Waals surface area (Å²) in [5, 5.41) is 14.6. The van der Waals surface area contributed by atoms with Crippen molar-refractivity contribution in [3.63, 3.8) is 0 Å². The predicted molar refractivity (Wildman–Crippen MR) is 89.8 cm³/mol. The van der Waals surface area contributed by atoms with Gasteiger partial charge < -0.3 is 9.42 Å². The first-order valence-electron chi connectivity index (χ1n) is 8.08. The molecule has 3 heterocycles. The average Bonchev–Trinajstić information content (AvgIpc) is 3.00. The molecule has 0 bridgehead atoms. The molecule has 0 radical (unpaired) electrons. The number of aryl methyl sites for hydroxylation is 1. The molecule has 8 nitrogen and oxygen atoms in total. The lowest BCUT2D eigenvalue weighted by Crippen LogP contribution is -2.48. The van der Waals surface area contributed by atoms with Crippen molar-refractivity contribution in [3.8, 4) is 0 Å². The molecule has 1 aliphatic rings. The molecule has 1 fully saturated rings. The molecule has 0 saturated carbocycles. The van der Waals surface area contributed by atoms with Crippen LogP contribution in [0.5, 0.6) is 0 Å². The highest BCUT2D eigenvalue weighted by molar-refractivity contribution is 5.90. The number of hydrogen-bond donors (Lipinski definition) is 1. The van der Waals surface area contributed by atoms with Crippen molar-refractivity contribution in [3.05, 3.63) is 30.1 Å². The molecule has 2 aromatic rings. The topological polar surface area (TPSA) is 87.4 Å². The monoisotopic (exact) mass is 330 g/mol. The van der Waals surface area contributed by atoms with Crippen LogP contribution in [-0.2, 0) is 4.79 Å². The molecule has 0 aromatic carbocycles. The fourth-order valence-electron chi connectivity index (χ4n) is 2.94. The van der Waals surface area contributed by atoms with E-state index in [1.54, 1.807) is 12.3 Å². The Labute approximate surface area is 140 Å². The normalized spacial score (nSPS) is 18.0. The molecule has 0 unspecified atom stereocenters. The molecule has 1 saturated heterocycles. The van der Waals surface area contributed by atoms with E-state index in [4.69, 9.17) is 4.52 Å². The van der Waals surface area contributed by atoms with Gasteiger partial charge in [-0.2, -0.15) is 5.10 Å². The number of nitrogens with one attached hydrogen (secondary N) is 1. The van der Waals surface area contributed by atoms with Crippen molar-refractivity contribution >= 4 is 17.6 Å². The van der Waals surface area contributed by atoms with Gasteiger partial charge in [-0.1, -0.05) is 5.16 Å². The molecule has 1 N–H and O–H groups in total. The first-order valence-corrected chi connectivity index (χ1v) is 8.08. The minimum atomic E-state index is -0.106. The summed E-state index contributed by atoms with van der Waals surface area (Å²) in [4.78, 5) is 16.4. The molecule has 1 amide bonds. The van der Waals surface area contributed by atoms with Gasteiger partial charge in [-0.15, -0.1) is 5.10 Å². The van der Waals surface area contributed by atoms with Crippen LogP contribution in [0.2, 0.25) is 0 Å². The Bertz CT molecular complexity index is 674. The zero-order valence-corrected chi connectivity index (χ0v) is 14.0. The number of hydrogen-bond acceptors (Lipinski definition) is 7. The lowest BCUT2D eigenvalue weighted by atomic mass is 10.0. The van der Waals surface area contributed by atoms with Crippen LogP contribution in [0.1, 0.15) is 18.5 Å². The molecule has 1 aliphatic heterocycles. The Hall–Kier alpha value is -2.48. The van der Waals surface area contributed by atoms with Crippen molar-refractivity contribution in [1.29, 1.82) is 0 Å². The van der Waals surface area contributed by atoms with Crippen molar-refractivity contribution < 1.29 is 9.32 Å². The van der Waals surface area contributed by atoms with Crippen molar-refractivity contribution in [2.24, 2.45) is 0 Å². The van der Waals surface area contributed by atoms with Crippen molar-refractivity contribution in [2.45, 2.75) is 25.8 Å². The van der Waals surface area contributed by atoms with Gasteiger partial charge >= 0.3 is 0 Å². The molecule has 8 heteroatoms. The first kappa shape index (κ1) is 16.4. The summed E-state index contributed by atoms with van der Waals surface area (Å²) in [7, 11) is 1.97. The second-order valence-corrected chi connectivity index (χ2v) is 6.12. The van der Waals surface area contributed by atoms with Crippen LogP contribution < -0.4 is 10.2 Å². The summed E-state index contributed by atoms with van der Waals surface area (Å²) in [5.74, 6) is 1.16. The van der Waals surface area contributed by atoms with E-state index in [9.17, 15) is 4.79 Å². The van der Waals surface area contributed by atoms with Crippen molar-refractivity contribution in [2.75, 3.05) is 36.9 Å². The highest BCUT2D eigenvalue weighted by Gasteiger charge is 2.25. The van der Waals surface area contributed by atoms with Crippen LogP contribution in [0.4, 0.5) is 11.7 Å². The van der Waals surface area contributed by atoms with Gasteiger partial charge in [0.15, 0.2) is 5.82 Å². The van der Waals surface area contributed by atoms with Crippen LogP contribution >= 0.6 is 0 Å². The maximum atomic E-state index is 12.1. The van der Waals surface area contributed by atoms with E-state index in [2.05, 4.69) is 30.5 Å². The standard InChI is InChI=1S/C16H22N6O2/c1-12-9-16(24-20-12)18-15(23)11-21(2)13-5-4-8-22(10-13)14-6-3-7-17-19-14/h3,6-7,9,13H,4-5,8,10-11H2,1-2H3,(H,18,23)/t13-/m1/s1. The number of likely N-dealkylation sites (N-methyl/N-ethyl adjacent to an activating group) is 1. The highest BCUT2D eigenvalue weighted by atomic mass is 16.5. The zero-order chi connectivity index (χ0) is 16.9. The number of amides is 1. The zero-order valence-electron chi connectivity index (χ0n) is 14.0. The third-order valence-electron chi connectivity index (χ3n) is 4.19. The lowest BCUT2D eigenvalue weighted by Gasteiger charge is -2.37. The molecule has 0 spiro atoms. The number of rotatable bonds is 5. The first-order chi connectivity index (χ1) is 11.6.